The lowest BCUT2D eigenvalue weighted by Gasteiger charge is -2.29. The zero-order valence-corrected chi connectivity index (χ0v) is 14.0. The van der Waals surface area contributed by atoms with Crippen molar-refractivity contribution in [2.45, 2.75) is 45.2 Å². The maximum Gasteiger partial charge on any atom is 0.0331 e. The quantitative estimate of drug-likeness (QED) is 0.875. The van der Waals surface area contributed by atoms with Gasteiger partial charge in [0.25, 0.3) is 0 Å². The van der Waals surface area contributed by atoms with E-state index in [0.717, 1.165) is 18.5 Å². The number of halogens is 1. The Morgan fingerprint density at radius 3 is 2.63 bits per heavy atom. The van der Waals surface area contributed by atoms with Gasteiger partial charge in [-0.15, -0.1) is 11.3 Å². The Hall–Kier alpha value is 0.100. The molecule has 1 saturated carbocycles. The SMILES string of the molecule is Cc1sc(CN(CC2CCNCC2)C2CC2)cc1Br. The molecular formula is C15H23BrN2S. The highest BCUT2D eigenvalue weighted by atomic mass is 79.9. The predicted molar refractivity (Wildman–Crippen MR) is 85.8 cm³/mol. The number of nitrogens with zero attached hydrogens (tertiary/aromatic N) is 1. The lowest BCUT2D eigenvalue weighted by atomic mass is 9.97. The summed E-state index contributed by atoms with van der Waals surface area (Å²) >= 11 is 5.59. The molecule has 1 aliphatic carbocycles. The van der Waals surface area contributed by atoms with Crippen LogP contribution in [0.15, 0.2) is 10.5 Å². The second-order valence-corrected chi connectivity index (χ2v) is 8.17. The molecule has 19 heavy (non-hydrogen) atoms. The van der Waals surface area contributed by atoms with Gasteiger partial charge in [-0.3, -0.25) is 4.90 Å². The van der Waals surface area contributed by atoms with E-state index in [2.05, 4.69) is 39.1 Å². The van der Waals surface area contributed by atoms with Gasteiger partial charge in [-0.05, 0) is 73.6 Å². The molecule has 1 aliphatic heterocycles. The third-order valence-corrected chi connectivity index (χ3v) is 6.40. The maximum absolute atomic E-state index is 3.64. The highest BCUT2D eigenvalue weighted by molar-refractivity contribution is 9.10. The maximum atomic E-state index is 3.64. The molecule has 0 unspecified atom stereocenters. The molecule has 3 rings (SSSR count). The Bertz CT molecular complexity index is 402. The molecule has 1 N–H and O–H groups in total. The molecule has 0 bridgehead atoms. The van der Waals surface area contributed by atoms with Crippen LogP contribution in [0.25, 0.3) is 0 Å². The Morgan fingerprint density at radius 2 is 2.05 bits per heavy atom. The monoisotopic (exact) mass is 342 g/mol. The van der Waals surface area contributed by atoms with Gasteiger partial charge in [0.1, 0.15) is 0 Å². The van der Waals surface area contributed by atoms with E-state index >= 15 is 0 Å². The molecule has 2 nitrogen and oxygen atoms in total. The summed E-state index contributed by atoms with van der Waals surface area (Å²) < 4.78 is 1.28. The van der Waals surface area contributed by atoms with Gasteiger partial charge in [-0.25, -0.2) is 0 Å². The van der Waals surface area contributed by atoms with E-state index in [1.165, 1.54) is 59.5 Å². The third kappa shape index (κ3) is 3.81. The lowest BCUT2D eigenvalue weighted by molar-refractivity contribution is 0.191. The summed E-state index contributed by atoms with van der Waals surface area (Å²) in [5, 5.41) is 3.47. The highest BCUT2D eigenvalue weighted by Crippen LogP contribution is 2.33. The summed E-state index contributed by atoms with van der Waals surface area (Å²) in [5.41, 5.74) is 0. The zero-order valence-electron chi connectivity index (χ0n) is 11.6. The third-order valence-electron chi connectivity index (χ3n) is 4.28. The largest absolute Gasteiger partial charge is 0.317 e. The number of piperidine rings is 1. The van der Waals surface area contributed by atoms with Gasteiger partial charge in [0.2, 0.25) is 0 Å². The van der Waals surface area contributed by atoms with E-state index in [4.69, 9.17) is 0 Å². The topological polar surface area (TPSA) is 15.3 Å². The van der Waals surface area contributed by atoms with Crippen LogP contribution in [-0.2, 0) is 6.54 Å². The fourth-order valence-corrected chi connectivity index (χ4v) is 4.60. The molecule has 1 saturated heterocycles. The molecule has 0 atom stereocenters. The summed E-state index contributed by atoms with van der Waals surface area (Å²) in [6.07, 6.45) is 5.54. The van der Waals surface area contributed by atoms with Gasteiger partial charge in [0, 0.05) is 33.4 Å². The zero-order chi connectivity index (χ0) is 13.2. The number of hydrogen-bond acceptors (Lipinski definition) is 3. The molecule has 1 aromatic rings. The van der Waals surface area contributed by atoms with E-state index in [-0.39, 0.29) is 0 Å². The predicted octanol–water partition coefficient (Wildman–Crippen LogP) is 3.78. The molecule has 2 aliphatic rings. The van der Waals surface area contributed by atoms with Crippen molar-refractivity contribution in [1.29, 1.82) is 0 Å². The van der Waals surface area contributed by atoms with Gasteiger partial charge < -0.3 is 5.32 Å². The van der Waals surface area contributed by atoms with Gasteiger partial charge in [0.05, 0.1) is 0 Å². The van der Waals surface area contributed by atoms with Crippen LogP contribution in [0.3, 0.4) is 0 Å². The summed E-state index contributed by atoms with van der Waals surface area (Å²) in [4.78, 5) is 5.67. The number of nitrogens with one attached hydrogen (secondary N) is 1. The minimum atomic E-state index is 0.871. The van der Waals surface area contributed by atoms with E-state index in [1.54, 1.807) is 0 Å². The van der Waals surface area contributed by atoms with Crippen LogP contribution < -0.4 is 5.32 Å². The smallest absolute Gasteiger partial charge is 0.0331 e. The Balaban J connectivity index is 1.60. The molecular weight excluding hydrogens is 320 g/mol. The average molecular weight is 343 g/mol. The minimum absolute atomic E-state index is 0.871. The molecule has 0 amide bonds. The second kappa shape index (κ2) is 6.25. The molecule has 106 valence electrons. The van der Waals surface area contributed by atoms with Gasteiger partial charge in [-0.1, -0.05) is 0 Å². The Morgan fingerprint density at radius 1 is 1.32 bits per heavy atom. The first-order valence-corrected chi connectivity index (χ1v) is 9.03. The van der Waals surface area contributed by atoms with Crippen LogP contribution >= 0.6 is 27.3 Å². The number of hydrogen-bond donors (Lipinski definition) is 1. The van der Waals surface area contributed by atoms with E-state index in [9.17, 15) is 0 Å². The Kier molecular flexibility index (Phi) is 4.62. The summed E-state index contributed by atoms with van der Waals surface area (Å²) in [6.45, 7) is 7.10. The molecule has 1 aromatic heterocycles. The normalized spacial score (nSPS) is 21.2. The van der Waals surface area contributed by atoms with Crippen molar-refractivity contribution in [1.82, 2.24) is 10.2 Å². The summed E-state index contributed by atoms with van der Waals surface area (Å²) in [7, 11) is 0. The fraction of sp³-hybridized carbons (Fsp3) is 0.733. The minimum Gasteiger partial charge on any atom is -0.317 e. The van der Waals surface area contributed by atoms with E-state index in [1.807, 2.05) is 11.3 Å². The Labute approximate surface area is 128 Å². The molecule has 2 heterocycles. The van der Waals surface area contributed by atoms with Crippen LogP contribution in [0, 0.1) is 12.8 Å². The van der Waals surface area contributed by atoms with Crippen molar-refractivity contribution in [2.75, 3.05) is 19.6 Å². The molecule has 2 fully saturated rings. The van der Waals surface area contributed by atoms with Crippen LogP contribution in [0.5, 0.6) is 0 Å². The van der Waals surface area contributed by atoms with Crippen LogP contribution in [0.1, 0.15) is 35.4 Å². The summed E-state index contributed by atoms with van der Waals surface area (Å²) in [6, 6.07) is 3.19. The first-order valence-electron chi connectivity index (χ1n) is 7.42. The van der Waals surface area contributed by atoms with E-state index < -0.39 is 0 Å². The standard InChI is InChI=1S/C15H23BrN2S/c1-11-15(16)8-14(19-11)10-18(13-2-3-13)9-12-4-6-17-7-5-12/h8,12-13,17H,2-7,9-10H2,1H3. The van der Waals surface area contributed by atoms with Crippen molar-refractivity contribution in [3.05, 3.63) is 20.3 Å². The number of rotatable bonds is 5. The van der Waals surface area contributed by atoms with Crippen molar-refractivity contribution in [3.63, 3.8) is 0 Å². The van der Waals surface area contributed by atoms with Crippen LogP contribution in [0.4, 0.5) is 0 Å². The van der Waals surface area contributed by atoms with Gasteiger partial charge in [-0.2, -0.15) is 0 Å². The summed E-state index contributed by atoms with van der Waals surface area (Å²) in [5.74, 6) is 0.909. The second-order valence-electron chi connectivity index (χ2n) is 5.97. The van der Waals surface area contributed by atoms with Gasteiger partial charge >= 0.3 is 0 Å². The number of aryl methyl sites for hydroxylation is 1. The fourth-order valence-electron chi connectivity index (χ4n) is 2.97. The van der Waals surface area contributed by atoms with Crippen LogP contribution in [-0.4, -0.2) is 30.6 Å². The van der Waals surface area contributed by atoms with E-state index in [0.29, 0.717) is 0 Å². The van der Waals surface area contributed by atoms with Gasteiger partial charge in [0.15, 0.2) is 0 Å². The highest BCUT2D eigenvalue weighted by Gasteiger charge is 2.31. The average Bonchev–Trinajstić information content (AvgIpc) is 3.18. The first-order chi connectivity index (χ1) is 9.22. The molecule has 4 heteroatoms. The first kappa shape index (κ1) is 14.1. The van der Waals surface area contributed by atoms with Crippen molar-refractivity contribution < 1.29 is 0 Å². The van der Waals surface area contributed by atoms with Crippen LogP contribution in [0.2, 0.25) is 0 Å². The molecule has 0 radical (unpaired) electrons. The number of thiophene rings is 1. The molecule has 0 aromatic carbocycles. The van der Waals surface area contributed by atoms with Crippen molar-refractivity contribution in [2.24, 2.45) is 5.92 Å². The lowest BCUT2D eigenvalue weighted by Crippen LogP contribution is -2.36. The molecule has 0 spiro atoms. The van der Waals surface area contributed by atoms with Crippen molar-refractivity contribution >= 4 is 27.3 Å². The van der Waals surface area contributed by atoms with Crippen molar-refractivity contribution in [3.8, 4) is 0 Å².